The van der Waals surface area contributed by atoms with Gasteiger partial charge < -0.3 is 24.9 Å². The molecule has 3 rings (SSSR count). The van der Waals surface area contributed by atoms with E-state index in [4.69, 9.17) is 14.7 Å². The van der Waals surface area contributed by atoms with E-state index in [9.17, 15) is 14.0 Å². The van der Waals surface area contributed by atoms with E-state index in [1.165, 1.54) is 19.2 Å². The second kappa shape index (κ2) is 8.24. The van der Waals surface area contributed by atoms with E-state index in [1.54, 1.807) is 11.0 Å². The third kappa shape index (κ3) is 4.47. The zero-order chi connectivity index (χ0) is 19.4. The average molecular weight is 379 g/mol. The number of carbonyl (C=O) groups is 2. The molecule has 1 aromatic carbocycles. The Morgan fingerprint density at radius 3 is 2.78 bits per heavy atom. The minimum absolute atomic E-state index is 0.161. The predicted molar refractivity (Wildman–Crippen MR) is 94.3 cm³/mol. The molecule has 27 heavy (non-hydrogen) atoms. The van der Waals surface area contributed by atoms with Gasteiger partial charge >= 0.3 is 12.0 Å². The van der Waals surface area contributed by atoms with Crippen LogP contribution in [0.3, 0.4) is 0 Å². The lowest BCUT2D eigenvalue weighted by atomic mass is 9.97. The molecule has 2 N–H and O–H groups in total. The summed E-state index contributed by atoms with van der Waals surface area (Å²) >= 11 is 0. The van der Waals surface area contributed by atoms with Crippen molar-refractivity contribution in [2.45, 2.75) is 25.4 Å². The van der Waals surface area contributed by atoms with Crippen LogP contribution >= 0.6 is 0 Å². The van der Waals surface area contributed by atoms with Crippen LogP contribution in [-0.4, -0.2) is 60.6 Å². The molecule has 1 saturated heterocycles. The molecular weight excluding hydrogens is 357 g/mol. The molecule has 2 amide bonds. The van der Waals surface area contributed by atoms with Crippen LogP contribution in [0.15, 0.2) is 23.4 Å². The molecule has 1 aromatic rings. The van der Waals surface area contributed by atoms with Crippen molar-refractivity contribution in [3.05, 3.63) is 29.6 Å². The highest BCUT2D eigenvalue weighted by Gasteiger charge is 2.28. The number of likely N-dealkylation sites (tertiary alicyclic amines) is 1. The molecule has 1 unspecified atom stereocenters. The topological polar surface area (TPSA) is 100 Å². The molecule has 2 aliphatic rings. The van der Waals surface area contributed by atoms with Crippen molar-refractivity contribution in [2.75, 3.05) is 26.7 Å². The number of rotatable bonds is 5. The summed E-state index contributed by atoms with van der Waals surface area (Å²) in [5, 5.41) is 15.8. The molecule has 0 aromatic heterocycles. The van der Waals surface area contributed by atoms with Gasteiger partial charge in [-0.3, -0.25) is 4.79 Å². The van der Waals surface area contributed by atoms with Gasteiger partial charge in [-0.05, 0) is 31.0 Å². The molecule has 1 atom stereocenters. The van der Waals surface area contributed by atoms with Crippen LogP contribution in [0.2, 0.25) is 0 Å². The first-order valence-corrected chi connectivity index (χ1v) is 8.80. The Hall–Kier alpha value is -2.84. The summed E-state index contributed by atoms with van der Waals surface area (Å²) < 4.78 is 18.7. The van der Waals surface area contributed by atoms with E-state index in [1.807, 2.05) is 0 Å². The first-order chi connectivity index (χ1) is 13.0. The number of urea groups is 1. The zero-order valence-electron chi connectivity index (χ0n) is 15.0. The number of oxime groups is 1. The number of aliphatic carboxylic acids is 1. The summed E-state index contributed by atoms with van der Waals surface area (Å²) in [6.07, 6.45) is 1.04. The van der Waals surface area contributed by atoms with Gasteiger partial charge in [0.15, 0.2) is 17.7 Å². The second-order valence-corrected chi connectivity index (χ2v) is 6.60. The molecule has 8 nitrogen and oxygen atoms in total. The Labute approximate surface area is 155 Å². The average Bonchev–Trinajstić information content (AvgIpc) is 3.15. The number of hydrogen-bond donors (Lipinski definition) is 2. The van der Waals surface area contributed by atoms with Gasteiger partial charge in [-0.25, -0.2) is 9.18 Å². The molecule has 0 saturated carbocycles. The van der Waals surface area contributed by atoms with Crippen LogP contribution in [0.5, 0.6) is 5.75 Å². The third-order valence-corrected chi connectivity index (χ3v) is 4.83. The number of ether oxygens (including phenoxy) is 1. The number of methoxy groups -OCH3 is 1. The van der Waals surface area contributed by atoms with Gasteiger partial charge in [0.05, 0.1) is 25.3 Å². The Morgan fingerprint density at radius 2 is 2.15 bits per heavy atom. The van der Waals surface area contributed by atoms with E-state index in [-0.39, 0.29) is 30.3 Å². The number of nitrogens with zero attached hydrogens (tertiary/aromatic N) is 2. The number of carbonyl (C=O) groups excluding carboxylic acids is 1. The van der Waals surface area contributed by atoms with Crippen molar-refractivity contribution in [2.24, 2.45) is 11.1 Å². The summed E-state index contributed by atoms with van der Waals surface area (Å²) in [7, 11) is 1.40. The van der Waals surface area contributed by atoms with Crippen LogP contribution in [0.25, 0.3) is 0 Å². The van der Waals surface area contributed by atoms with Crippen LogP contribution in [-0.2, 0) is 9.63 Å². The number of carboxylic acid groups (broad SMARTS) is 1. The van der Waals surface area contributed by atoms with Crippen LogP contribution in [0.4, 0.5) is 9.18 Å². The minimum Gasteiger partial charge on any atom is -0.494 e. The Balaban J connectivity index is 1.45. The third-order valence-electron chi connectivity index (χ3n) is 4.83. The number of benzene rings is 1. The summed E-state index contributed by atoms with van der Waals surface area (Å²) in [6.45, 7) is 1.10. The van der Waals surface area contributed by atoms with Crippen LogP contribution in [0, 0.1) is 11.7 Å². The normalized spacial score (nSPS) is 20.0. The monoisotopic (exact) mass is 379 g/mol. The Kier molecular flexibility index (Phi) is 5.78. The van der Waals surface area contributed by atoms with E-state index >= 15 is 0 Å². The molecule has 2 aliphatic heterocycles. The number of piperidine rings is 1. The van der Waals surface area contributed by atoms with Crippen molar-refractivity contribution in [3.63, 3.8) is 0 Å². The highest BCUT2D eigenvalue weighted by atomic mass is 19.1. The largest absolute Gasteiger partial charge is 0.494 e. The molecular formula is C18H22FN3O5. The molecule has 9 heteroatoms. The predicted octanol–water partition coefficient (Wildman–Crippen LogP) is 1.83. The van der Waals surface area contributed by atoms with Crippen molar-refractivity contribution in [1.82, 2.24) is 10.2 Å². The Morgan fingerprint density at radius 1 is 1.41 bits per heavy atom. The minimum atomic E-state index is -0.811. The fraction of sp³-hybridized carbons (Fsp3) is 0.500. The van der Waals surface area contributed by atoms with Gasteiger partial charge in [-0.2, -0.15) is 0 Å². The first kappa shape index (κ1) is 18.9. The van der Waals surface area contributed by atoms with Crippen molar-refractivity contribution >= 4 is 17.7 Å². The molecule has 0 radical (unpaired) electrons. The van der Waals surface area contributed by atoms with E-state index in [0.29, 0.717) is 43.6 Å². The fourth-order valence-corrected chi connectivity index (χ4v) is 3.20. The van der Waals surface area contributed by atoms with Crippen LogP contribution < -0.4 is 10.1 Å². The van der Waals surface area contributed by atoms with Gasteiger partial charge in [-0.1, -0.05) is 5.16 Å². The summed E-state index contributed by atoms with van der Waals surface area (Å²) in [6, 6.07) is 4.33. The highest BCUT2D eigenvalue weighted by molar-refractivity contribution is 6.01. The second-order valence-electron chi connectivity index (χ2n) is 6.60. The van der Waals surface area contributed by atoms with E-state index in [2.05, 4.69) is 10.5 Å². The van der Waals surface area contributed by atoms with Gasteiger partial charge in [-0.15, -0.1) is 0 Å². The number of halogens is 1. The molecule has 0 aliphatic carbocycles. The highest BCUT2D eigenvalue weighted by Crippen LogP contribution is 2.22. The van der Waals surface area contributed by atoms with E-state index in [0.717, 1.165) is 0 Å². The quantitative estimate of drug-likeness (QED) is 0.813. The van der Waals surface area contributed by atoms with Gasteiger partial charge in [0.25, 0.3) is 0 Å². The summed E-state index contributed by atoms with van der Waals surface area (Å²) in [5.41, 5.74) is 1.22. The molecule has 146 valence electrons. The SMILES string of the molecule is COc1ccc(C2=NOC(CNC(=O)N3CCC(C(=O)O)CC3)C2)cc1F. The maximum Gasteiger partial charge on any atom is 0.317 e. The number of hydrogen-bond acceptors (Lipinski definition) is 5. The van der Waals surface area contributed by atoms with Crippen LogP contribution in [0.1, 0.15) is 24.8 Å². The molecule has 0 spiro atoms. The van der Waals surface area contributed by atoms with Crippen molar-refractivity contribution < 1.29 is 28.7 Å². The van der Waals surface area contributed by atoms with Crippen molar-refractivity contribution in [3.8, 4) is 5.75 Å². The lowest BCUT2D eigenvalue weighted by Gasteiger charge is -2.30. The lowest BCUT2D eigenvalue weighted by molar-refractivity contribution is -0.143. The smallest absolute Gasteiger partial charge is 0.317 e. The first-order valence-electron chi connectivity index (χ1n) is 8.80. The number of amides is 2. The van der Waals surface area contributed by atoms with E-state index < -0.39 is 11.8 Å². The summed E-state index contributed by atoms with van der Waals surface area (Å²) in [4.78, 5) is 30.1. The van der Waals surface area contributed by atoms with Crippen molar-refractivity contribution in [1.29, 1.82) is 0 Å². The van der Waals surface area contributed by atoms with Gasteiger partial charge in [0.2, 0.25) is 0 Å². The molecule has 1 fully saturated rings. The molecule has 0 bridgehead atoms. The van der Waals surface area contributed by atoms with Gasteiger partial charge in [0, 0.05) is 25.1 Å². The Bertz CT molecular complexity index is 747. The maximum atomic E-state index is 13.8. The fourth-order valence-electron chi connectivity index (χ4n) is 3.20. The number of carboxylic acids is 1. The van der Waals surface area contributed by atoms with Gasteiger partial charge in [0.1, 0.15) is 0 Å². The maximum absolute atomic E-state index is 13.8. The zero-order valence-corrected chi connectivity index (χ0v) is 15.0. The number of nitrogens with one attached hydrogen (secondary N) is 1. The lowest BCUT2D eigenvalue weighted by Crippen LogP contribution is -2.47. The summed E-state index contributed by atoms with van der Waals surface area (Å²) in [5.74, 6) is -1.50. The standard InChI is InChI=1S/C18H22FN3O5/c1-26-16-3-2-12(8-14(16)19)15-9-13(27-21-15)10-20-18(25)22-6-4-11(5-7-22)17(23)24/h2-3,8,11,13H,4-7,9-10H2,1H3,(H,20,25)(H,23,24). The molecule has 2 heterocycles.